The zero-order valence-corrected chi connectivity index (χ0v) is 14.7. The van der Waals surface area contributed by atoms with Crippen molar-refractivity contribution in [3.05, 3.63) is 41.1 Å². The number of H-pyrrole nitrogens is 1. The molecule has 2 N–H and O–H groups in total. The highest BCUT2D eigenvalue weighted by atomic mass is 16.1. The fraction of sp³-hybridized carbons (Fsp3) is 0.526. The molecule has 3 heterocycles. The largest absolute Gasteiger partial charge is 0.357 e. The van der Waals surface area contributed by atoms with Crippen LogP contribution in [-0.4, -0.2) is 33.9 Å². The molecule has 4 rings (SSSR count). The molecule has 1 saturated heterocycles. The molecule has 1 aliphatic carbocycles. The fourth-order valence-corrected chi connectivity index (χ4v) is 3.87. The molecule has 6 heteroatoms. The molecule has 0 saturated carbocycles. The number of nitrogens with one attached hydrogen (secondary N) is 2. The summed E-state index contributed by atoms with van der Waals surface area (Å²) in [7, 11) is 0. The van der Waals surface area contributed by atoms with Crippen molar-refractivity contribution in [2.24, 2.45) is 5.92 Å². The topological polar surface area (TPSA) is 73.9 Å². The number of fused-ring (bicyclic) bond motifs is 1. The molecule has 1 unspecified atom stereocenters. The smallest absolute Gasteiger partial charge is 0.223 e. The molecule has 25 heavy (non-hydrogen) atoms. The van der Waals surface area contributed by atoms with E-state index in [4.69, 9.17) is 0 Å². The Morgan fingerprint density at radius 1 is 1.40 bits per heavy atom. The summed E-state index contributed by atoms with van der Waals surface area (Å²) >= 11 is 0. The van der Waals surface area contributed by atoms with Gasteiger partial charge >= 0.3 is 0 Å². The Labute approximate surface area is 148 Å². The van der Waals surface area contributed by atoms with Crippen LogP contribution >= 0.6 is 0 Å². The normalized spacial score (nSPS) is 19.7. The van der Waals surface area contributed by atoms with E-state index in [1.807, 2.05) is 19.2 Å². The number of nitrogens with zero attached hydrogens (tertiary/aromatic N) is 3. The molecule has 1 fully saturated rings. The Balaban J connectivity index is 1.35. The van der Waals surface area contributed by atoms with Gasteiger partial charge in [0.05, 0.1) is 5.69 Å². The minimum Gasteiger partial charge on any atom is -0.357 e. The second kappa shape index (κ2) is 6.86. The van der Waals surface area contributed by atoms with Crippen LogP contribution in [0.2, 0.25) is 0 Å². The van der Waals surface area contributed by atoms with Crippen LogP contribution in [0.25, 0.3) is 0 Å². The Bertz CT molecular complexity index is 763. The molecular formula is C19H25N5O. The number of hydrogen-bond acceptors (Lipinski definition) is 4. The molecule has 0 bridgehead atoms. The highest BCUT2D eigenvalue weighted by Gasteiger charge is 2.26. The summed E-state index contributed by atoms with van der Waals surface area (Å²) < 4.78 is 0. The highest BCUT2D eigenvalue weighted by Crippen LogP contribution is 2.24. The maximum absolute atomic E-state index is 12.6. The molecule has 132 valence electrons. The summed E-state index contributed by atoms with van der Waals surface area (Å²) in [5.74, 6) is 2.14. The van der Waals surface area contributed by atoms with Crippen LogP contribution < -0.4 is 10.2 Å². The molecule has 1 atom stereocenters. The van der Waals surface area contributed by atoms with Gasteiger partial charge in [-0.2, -0.15) is 0 Å². The van der Waals surface area contributed by atoms with Crippen molar-refractivity contribution in [3.63, 3.8) is 0 Å². The van der Waals surface area contributed by atoms with E-state index in [-0.39, 0.29) is 11.8 Å². The number of pyridine rings is 1. The molecule has 2 aliphatic rings. The Morgan fingerprint density at radius 3 is 3.08 bits per heavy atom. The minimum atomic E-state index is 0.0345. The van der Waals surface area contributed by atoms with Crippen molar-refractivity contribution in [1.29, 1.82) is 0 Å². The van der Waals surface area contributed by atoms with E-state index in [2.05, 4.69) is 31.2 Å². The molecule has 6 nitrogen and oxygen atoms in total. The molecule has 0 spiro atoms. The van der Waals surface area contributed by atoms with Crippen molar-refractivity contribution < 1.29 is 4.79 Å². The van der Waals surface area contributed by atoms with Crippen molar-refractivity contribution in [2.75, 3.05) is 18.0 Å². The number of imidazole rings is 1. The van der Waals surface area contributed by atoms with Gasteiger partial charge in [0, 0.05) is 43.9 Å². The Morgan fingerprint density at radius 2 is 2.24 bits per heavy atom. The molecular weight excluding hydrogens is 314 g/mol. The predicted molar refractivity (Wildman–Crippen MR) is 96.4 cm³/mol. The fourth-order valence-electron chi connectivity index (χ4n) is 3.87. The number of amides is 1. The van der Waals surface area contributed by atoms with E-state index < -0.39 is 0 Å². The van der Waals surface area contributed by atoms with Crippen molar-refractivity contribution >= 4 is 11.7 Å². The standard InChI is InChI=1S/C19H25N5O/c1-13-22-16-5-4-15(11-17(16)23-13)19(25)21-12-14-6-7-20-18(10-14)24-8-2-3-9-24/h6-7,10,15H,2-5,8-9,11-12H2,1H3,(H,21,25)(H,22,23). The van der Waals surface area contributed by atoms with Crippen LogP contribution in [0.4, 0.5) is 5.82 Å². The van der Waals surface area contributed by atoms with Gasteiger partial charge < -0.3 is 15.2 Å². The molecule has 2 aromatic heterocycles. The number of aromatic nitrogens is 3. The van der Waals surface area contributed by atoms with E-state index in [0.717, 1.165) is 60.9 Å². The van der Waals surface area contributed by atoms with Crippen LogP contribution in [0.3, 0.4) is 0 Å². The van der Waals surface area contributed by atoms with Crippen LogP contribution in [0.1, 0.15) is 42.0 Å². The van der Waals surface area contributed by atoms with Gasteiger partial charge in [0.15, 0.2) is 0 Å². The van der Waals surface area contributed by atoms with Gasteiger partial charge in [-0.1, -0.05) is 0 Å². The number of aryl methyl sites for hydroxylation is 2. The van der Waals surface area contributed by atoms with Crippen LogP contribution in [-0.2, 0) is 24.2 Å². The molecule has 1 aliphatic heterocycles. The lowest BCUT2D eigenvalue weighted by Gasteiger charge is -2.21. The highest BCUT2D eigenvalue weighted by molar-refractivity contribution is 5.79. The number of aromatic amines is 1. The predicted octanol–water partition coefficient (Wildman–Crippen LogP) is 2.13. The average molecular weight is 339 g/mol. The third-order valence-corrected chi connectivity index (χ3v) is 5.24. The number of carbonyl (C=O) groups excluding carboxylic acids is 1. The van der Waals surface area contributed by atoms with Gasteiger partial charge in [-0.3, -0.25) is 4.79 Å². The van der Waals surface area contributed by atoms with Gasteiger partial charge in [0.1, 0.15) is 11.6 Å². The lowest BCUT2D eigenvalue weighted by atomic mass is 9.89. The van der Waals surface area contributed by atoms with E-state index >= 15 is 0 Å². The zero-order chi connectivity index (χ0) is 17.2. The van der Waals surface area contributed by atoms with Gasteiger partial charge in [-0.05, 0) is 50.3 Å². The number of carbonyl (C=O) groups is 1. The van der Waals surface area contributed by atoms with E-state index in [1.54, 1.807) is 0 Å². The maximum Gasteiger partial charge on any atom is 0.223 e. The van der Waals surface area contributed by atoms with Gasteiger partial charge in [-0.25, -0.2) is 9.97 Å². The Hall–Kier alpha value is -2.37. The molecule has 0 radical (unpaired) electrons. The molecule has 2 aromatic rings. The lowest BCUT2D eigenvalue weighted by Crippen LogP contribution is -2.33. The number of anilines is 1. The third kappa shape index (κ3) is 3.52. The number of hydrogen-bond donors (Lipinski definition) is 2. The van der Waals surface area contributed by atoms with E-state index in [0.29, 0.717) is 6.54 Å². The minimum absolute atomic E-state index is 0.0345. The van der Waals surface area contributed by atoms with Crippen LogP contribution in [0.15, 0.2) is 18.3 Å². The molecule has 0 aromatic carbocycles. The first kappa shape index (κ1) is 16.1. The maximum atomic E-state index is 12.6. The summed E-state index contributed by atoms with van der Waals surface area (Å²) in [6.45, 7) is 4.69. The lowest BCUT2D eigenvalue weighted by molar-refractivity contribution is -0.125. The van der Waals surface area contributed by atoms with Crippen molar-refractivity contribution in [3.8, 4) is 0 Å². The van der Waals surface area contributed by atoms with E-state index in [9.17, 15) is 4.79 Å². The van der Waals surface area contributed by atoms with Gasteiger partial charge in [0.2, 0.25) is 5.91 Å². The summed E-state index contributed by atoms with van der Waals surface area (Å²) in [6.07, 6.45) is 6.83. The second-order valence-electron chi connectivity index (χ2n) is 7.12. The monoisotopic (exact) mass is 339 g/mol. The van der Waals surface area contributed by atoms with Crippen LogP contribution in [0.5, 0.6) is 0 Å². The summed E-state index contributed by atoms with van der Waals surface area (Å²) in [4.78, 5) is 27.1. The van der Waals surface area contributed by atoms with Crippen molar-refractivity contribution in [2.45, 2.75) is 45.6 Å². The summed E-state index contributed by atoms with van der Waals surface area (Å²) in [5, 5.41) is 3.10. The van der Waals surface area contributed by atoms with E-state index in [1.165, 1.54) is 12.8 Å². The average Bonchev–Trinajstić information content (AvgIpc) is 3.27. The van der Waals surface area contributed by atoms with Crippen molar-refractivity contribution in [1.82, 2.24) is 20.3 Å². The van der Waals surface area contributed by atoms with Gasteiger partial charge in [0.25, 0.3) is 0 Å². The Kier molecular flexibility index (Phi) is 4.42. The zero-order valence-electron chi connectivity index (χ0n) is 14.7. The first-order valence-corrected chi connectivity index (χ1v) is 9.21. The number of rotatable bonds is 4. The second-order valence-corrected chi connectivity index (χ2v) is 7.12. The quantitative estimate of drug-likeness (QED) is 0.895. The third-order valence-electron chi connectivity index (χ3n) is 5.24. The van der Waals surface area contributed by atoms with Crippen LogP contribution in [0, 0.1) is 12.8 Å². The first-order valence-electron chi connectivity index (χ1n) is 9.21. The summed E-state index contributed by atoms with van der Waals surface area (Å²) in [5.41, 5.74) is 3.37. The van der Waals surface area contributed by atoms with Gasteiger partial charge in [-0.15, -0.1) is 0 Å². The molecule has 1 amide bonds. The SMILES string of the molecule is Cc1nc2c([nH]1)CC(C(=O)NCc1ccnc(N3CCCC3)c1)CC2. The summed E-state index contributed by atoms with van der Waals surface area (Å²) in [6, 6.07) is 4.08. The first-order chi connectivity index (χ1) is 12.2.